The minimum absolute atomic E-state index is 0.263. The van der Waals surface area contributed by atoms with Gasteiger partial charge in [0.15, 0.2) is 0 Å². The Hall–Kier alpha value is -0.300. The van der Waals surface area contributed by atoms with Crippen molar-refractivity contribution < 1.29 is 8.42 Å². The van der Waals surface area contributed by atoms with Crippen LogP contribution in [0.1, 0.15) is 12.8 Å². The van der Waals surface area contributed by atoms with E-state index in [9.17, 15) is 8.42 Å². The maximum Gasteiger partial charge on any atom is 0.232 e. The van der Waals surface area contributed by atoms with Crippen LogP contribution in [0.5, 0.6) is 0 Å². The van der Waals surface area contributed by atoms with Gasteiger partial charge in [-0.3, -0.25) is 4.72 Å². The molecular formula is C10H12INO2S. The van der Waals surface area contributed by atoms with Crippen molar-refractivity contribution in [1.29, 1.82) is 0 Å². The number of nitrogens with one attached hydrogen (secondary N) is 1. The van der Waals surface area contributed by atoms with E-state index in [0.29, 0.717) is 11.6 Å². The topological polar surface area (TPSA) is 46.2 Å². The highest BCUT2D eigenvalue weighted by molar-refractivity contribution is 14.1. The van der Waals surface area contributed by atoms with E-state index in [0.717, 1.165) is 16.4 Å². The Morgan fingerprint density at radius 3 is 2.40 bits per heavy atom. The van der Waals surface area contributed by atoms with Gasteiger partial charge < -0.3 is 0 Å². The molecule has 0 heterocycles. The molecule has 1 N–H and O–H groups in total. The Morgan fingerprint density at radius 2 is 1.87 bits per heavy atom. The largest absolute Gasteiger partial charge is 0.284 e. The molecule has 15 heavy (non-hydrogen) atoms. The minimum atomic E-state index is -3.14. The van der Waals surface area contributed by atoms with Crippen LogP contribution in [-0.4, -0.2) is 14.2 Å². The number of halogens is 1. The Labute approximate surface area is 103 Å². The summed E-state index contributed by atoms with van der Waals surface area (Å²) in [6, 6.07) is 7.34. The Kier molecular flexibility index (Phi) is 3.20. The molecule has 0 saturated heterocycles. The maximum atomic E-state index is 11.6. The lowest BCUT2D eigenvalue weighted by Gasteiger charge is -2.06. The molecule has 0 amide bonds. The molecule has 0 bridgehead atoms. The highest BCUT2D eigenvalue weighted by Crippen LogP contribution is 2.30. The second-order valence-electron chi connectivity index (χ2n) is 3.83. The summed E-state index contributed by atoms with van der Waals surface area (Å²) in [5, 5.41) is 0. The smallest absolute Gasteiger partial charge is 0.232 e. The molecular weight excluding hydrogens is 325 g/mol. The van der Waals surface area contributed by atoms with Crippen molar-refractivity contribution in [3.05, 3.63) is 27.8 Å². The van der Waals surface area contributed by atoms with Gasteiger partial charge in [0.1, 0.15) is 0 Å². The second kappa shape index (κ2) is 4.29. The predicted octanol–water partition coefficient (Wildman–Crippen LogP) is 2.44. The monoisotopic (exact) mass is 337 g/mol. The van der Waals surface area contributed by atoms with Crippen molar-refractivity contribution in [2.75, 3.05) is 10.5 Å². The zero-order chi connectivity index (χ0) is 10.9. The van der Waals surface area contributed by atoms with Crippen LogP contribution in [0.3, 0.4) is 0 Å². The first-order valence-electron chi connectivity index (χ1n) is 4.81. The SMILES string of the molecule is O=S(=O)(CC1CC1)Nc1ccc(I)cc1. The van der Waals surface area contributed by atoms with E-state index in [4.69, 9.17) is 0 Å². The fourth-order valence-electron chi connectivity index (χ4n) is 1.33. The van der Waals surface area contributed by atoms with Gasteiger partial charge in [-0.05, 0) is 65.6 Å². The molecule has 2 rings (SSSR count). The van der Waals surface area contributed by atoms with Gasteiger partial charge >= 0.3 is 0 Å². The molecule has 0 aromatic heterocycles. The number of hydrogen-bond donors (Lipinski definition) is 1. The van der Waals surface area contributed by atoms with E-state index in [1.807, 2.05) is 12.1 Å². The molecule has 1 saturated carbocycles. The average Bonchev–Trinajstić information content (AvgIpc) is 2.91. The number of anilines is 1. The molecule has 1 aromatic carbocycles. The molecule has 5 heteroatoms. The number of benzene rings is 1. The quantitative estimate of drug-likeness (QED) is 0.858. The van der Waals surface area contributed by atoms with Gasteiger partial charge in [-0.15, -0.1) is 0 Å². The van der Waals surface area contributed by atoms with Crippen LogP contribution in [-0.2, 0) is 10.0 Å². The van der Waals surface area contributed by atoms with Crippen molar-refractivity contribution in [2.45, 2.75) is 12.8 Å². The summed E-state index contributed by atoms with van der Waals surface area (Å²) in [5.74, 6) is 0.644. The molecule has 1 aliphatic rings. The van der Waals surface area contributed by atoms with Gasteiger partial charge in [0.05, 0.1) is 5.75 Å². The van der Waals surface area contributed by atoms with Crippen molar-refractivity contribution >= 4 is 38.3 Å². The van der Waals surface area contributed by atoms with Crippen LogP contribution in [0.15, 0.2) is 24.3 Å². The maximum absolute atomic E-state index is 11.6. The average molecular weight is 337 g/mol. The summed E-state index contributed by atoms with van der Waals surface area (Å²) in [4.78, 5) is 0. The lowest BCUT2D eigenvalue weighted by molar-refractivity contribution is 0.597. The first kappa shape index (κ1) is 11.2. The van der Waals surface area contributed by atoms with Crippen LogP contribution in [0.4, 0.5) is 5.69 Å². The summed E-state index contributed by atoms with van der Waals surface area (Å²) in [6.45, 7) is 0. The van der Waals surface area contributed by atoms with E-state index in [2.05, 4.69) is 27.3 Å². The highest BCUT2D eigenvalue weighted by Gasteiger charge is 2.27. The summed E-state index contributed by atoms with van der Waals surface area (Å²) in [5.41, 5.74) is 0.649. The van der Waals surface area contributed by atoms with Gasteiger partial charge in [-0.1, -0.05) is 0 Å². The molecule has 0 unspecified atom stereocenters. The van der Waals surface area contributed by atoms with Crippen molar-refractivity contribution in [3.8, 4) is 0 Å². The van der Waals surface area contributed by atoms with Crippen LogP contribution in [0.25, 0.3) is 0 Å². The Balaban J connectivity index is 2.03. The zero-order valence-electron chi connectivity index (χ0n) is 8.11. The molecule has 1 fully saturated rings. The Bertz CT molecular complexity index is 437. The molecule has 0 radical (unpaired) electrons. The van der Waals surface area contributed by atoms with Gasteiger partial charge in [0.25, 0.3) is 0 Å². The lowest BCUT2D eigenvalue weighted by Crippen LogP contribution is -2.17. The zero-order valence-corrected chi connectivity index (χ0v) is 11.1. The van der Waals surface area contributed by atoms with E-state index < -0.39 is 10.0 Å². The molecule has 0 aliphatic heterocycles. The van der Waals surface area contributed by atoms with E-state index >= 15 is 0 Å². The summed E-state index contributed by atoms with van der Waals surface area (Å²) in [6.07, 6.45) is 2.10. The second-order valence-corrected chi connectivity index (χ2v) is 6.85. The van der Waals surface area contributed by atoms with E-state index in [-0.39, 0.29) is 5.75 Å². The van der Waals surface area contributed by atoms with Crippen LogP contribution in [0, 0.1) is 9.49 Å². The van der Waals surface area contributed by atoms with Crippen molar-refractivity contribution in [1.82, 2.24) is 0 Å². The van der Waals surface area contributed by atoms with Gasteiger partial charge in [0.2, 0.25) is 10.0 Å². The van der Waals surface area contributed by atoms with Gasteiger partial charge in [0, 0.05) is 9.26 Å². The molecule has 3 nitrogen and oxygen atoms in total. The molecule has 82 valence electrons. The van der Waals surface area contributed by atoms with Gasteiger partial charge in [-0.25, -0.2) is 8.42 Å². The normalized spacial score (nSPS) is 16.3. The molecule has 0 atom stereocenters. The third kappa shape index (κ3) is 3.64. The summed E-state index contributed by atoms with van der Waals surface area (Å²) < 4.78 is 26.9. The lowest BCUT2D eigenvalue weighted by atomic mass is 10.3. The van der Waals surface area contributed by atoms with Crippen LogP contribution in [0.2, 0.25) is 0 Å². The fourth-order valence-corrected chi connectivity index (χ4v) is 3.23. The van der Waals surface area contributed by atoms with Gasteiger partial charge in [-0.2, -0.15) is 0 Å². The predicted molar refractivity (Wildman–Crippen MR) is 69.3 cm³/mol. The third-order valence-corrected chi connectivity index (χ3v) is 4.45. The minimum Gasteiger partial charge on any atom is -0.284 e. The number of rotatable bonds is 4. The first-order chi connectivity index (χ1) is 7.05. The van der Waals surface area contributed by atoms with E-state index in [1.54, 1.807) is 12.1 Å². The highest BCUT2D eigenvalue weighted by atomic mass is 127. The summed E-state index contributed by atoms with van der Waals surface area (Å²) >= 11 is 2.19. The molecule has 1 aromatic rings. The fraction of sp³-hybridized carbons (Fsp3) is 0.400. The summed E-state index contributed by atoms with van der Waals surface area (Å²) in [7, 11) is -3.14. The van der Waals surface area contributed by atoms with Crippen molar-refractivity contribution in [2.24, 2.45) is 5.92 Å². The van der Waals surface area contributed by atoms with E-state index in [1.165, 1.54) is 0 Å². The first-order valence-corrected chi connectivity index (χ1v) is 7.54. The van der Waals surface area contributed by atoms with Crippen molar-refractivity contribution in [3.63, 3.8) is 0 Å². The molecule has 1 aliphatic carbocycles. The van der Waals surface area contributed by atoms with Crippen LogP contribution >= 0.6 is 22.6 Å². The van der Waals surface area contributed by atoms with Crippen LogP contribution < -0.4 is 4.72 Å². The standard InChI is InChI=1S/C10H12INO2S/c11-9-3-5-10(6-4-9)12-15(13,14)7-8-1-2-8/h3-6,8,12H,1-2,7H2. The number of hydrogen-bond acceptors (Lipinski definition) is 2. The third-order valence-electron chi connectivity index (χ3n) is 2.27. The Morgan fingerprint density at radius 1 is 1.27 bits per heavy atom. The molecule has 0 spiro atoms. The number of sulfonamides is 1.